The zero-order chi connectivity index (χ0) is 46.2. The van der Waals surface area contributed by atoms with E-state index in [9.17, 15) is 0 Å². The topological polar surface area (TPSA) is 9.86 Å². The van der Waals surface area contributed by atoms with Crippen LogP contribution in [-0.2, 0) is 0 Å². The fourth-order valence-electron chi connectivity index (χ4n) is 12.5. The third-order valence-electron chi connectivity index (χ3n) is 15.3. The Morgan fingerprint density at radius 3 is 1.17 bits per heavy atom. The van der Waals surface area contributed by atoms with E-state index in [0.29, 0.717) is 0 Å². The molecule has 11 aromatic carbocycles. The average Bonchev–Trinajstić information content (AvgIpc) is 3.95. The Hall–Kier alpha value is -8.55. The average molecular weight is 923 g/mol. The highest BCUT2D eigenvalue weighted by atomic mass is 28.3. The number of rotatable bonds is 7. The van der Waals surface area contributed by atoms with Gasteiger partial charge in [0.1, 0.15) is 0 Å². The molecule has 328 valence electrons. The first-order chi connectivity index (χ1) is 34.7. The molecule has 0 saturated carbocycles. The second-order valence-corrected chi connectivity index (χ2v) is 26.2. The van der Waals surface area contributed by atoms with Crippen molar-refractivity contribution >= 4 is 101 Å². The highest BCUT2D eigenvalue weighted by Crippen LogP contribution is 2.38. The zero-order valence-electron chi connectivity index (χ0n) is 38.5. The Balaban J connectivity index is 1.04. The molecule has 3 heterocycles. The molecule has 13 aromatic rings. The molecule has 14 rings (SSSR count). The summed E-state index contributed by atoms with van der Waals surface area (Å²) in [6, 6.07) is 106. The zero-order valence-corrected chi connectivity index (χ0v) is 40.5. The molecule has 0 saturated heterocycles. The molecule has 0 atom stereocenters. The molecule has 0 fully saturated rings. The maximum absolute atomic E-state index is 3.05. The summed E-state index contributed by atoms with van der Waals surface area (Å²) in [5, 5.41) is 16.5. The second kappa shape index (κ2) is 16.0. The minimum atomic E-state index is -3.05. The molecule has 1 aliphatic heterocycles. The Morgan fingerprint density at radius 1 is 0.214 bits per heavy atom. The molecule has 1 aliphatic rings. The molecule has 70 heavy (non-hydrogen) atoms. The molecule has 0 aliphatic carbocycles. The predicted octanol–water partition coefficient (Wildman–Crippen LogP) is 10.6. The van der Waals surface area contributed by atoms with Gasteiger partial charge in [0.2, 0.25) is 0 Å². The first-order valence-corrected chi connectivity index (χ1v) is 28.3. The van der Waals surface area contributed by atoms with E-state index < -0.39 is 16.1 Å². The molecule has 2 aromatic heterocycles. The van der Waals surface area contributed by atoms with Gasteiger partial charge in [-0.15, -0.1) is 0 Å². The number of fused-ring (bicyclic) bond motifs is 8. The van der Waals surface area contributed by atoms with E-state index >= 15 is 0 Å². The van der Waals surface area contributed by atoms with Gasteiger partial charge in [0, 0.05) is 32.9 Å². The molecule has 0 bridgehead atoms. The molecular weight excluding hydrogens is 877 g/mol. The number of para-hydroxylation sites is 2. The standard InChI is InChI=1S/C66H46N2Si2/c1-5-22-47(23-6-1)48-24-21-25-49(44-48)67-60-35-16-14-33-56(60)58-45-50(40-43-61(58)67)68-59-34-15-13-32-55(59)57-42-41-54(46-62(57)68)70(53-30-11-4-12-31-53)65-38-19-17-36-63(65)69(51-26-7-2-8-27-51,52-28-9-3-10-29-52)64-37-18-20-39-66(64)70/h1-46H. The van der Waals surface area contributed by atoms with Crippen molar-refractivity contribution in [1.82, 2.24) is 9.13 Å². The lowest BCUT2D eigenvalue weighted by Crippen LogP contribution is -2.93. The van der Waals surface area contributed by atoms with Gasteiger partial charge in [0.25, 0.3) is 0 Å². The van der Waals surface area contributed by atoms with Crippen molar-refractivity contribution in [3.8, 4) is 22.5 Å². The fraction of sp³-hybridized carbons (Fsp3) is 0. The van der Waals surface area contributed by atoms with Gasteiger partial charge in [-0.1, -0.05) is 231 Å². The van der Waals surface area contributed by atoms with E-state index in [4.69, 9.17) is 0 Å². The summed E-state index contributed by atoms with van der Waals surface area (Å²) < 4.78 is 4.97. The van der Waals surface area contributed by atoms with Crippen LogP contribution in [-0.4, -0.2) is 25.3 Å². The Bertz CT molecular complexity index is 4030. The van der Waals surface area contributed by atoms with Gasteiger partial charge in [0.05, 0.1) is 22.1 Å². The minimum absolute atomic E-state index is 1.15. The summed E-state index contributed by atoms with van der Waals surface area (Å²) >= 11 is 0. The van der Waals surface area contributed by atoms with Gasteiger partial charge in [-0.2, -0.15) is 0 Å². The maximum Gasteiger partial charge on any atom is 0.179 e. The van der Waals surface area contributed by atoms with Crippen molar-refractivity contribution in [3.05, 3.63) is 279 Å². The van der Waals surface area contributed by atoms with Crippen LogP contribution in [0.4, 0.5) is 0 Å². The third kappa shape index (κ3) is 5.78. The highest BCUT2D eigenvalue weighted by molar-refractivity contribution is 7.33. The Labute approximate surface area is 409 Å². The molecular formula is C66H46N2Si2. The summed E-state index contributed by atoms with van der Waals surface area (Å²) in [4.78, 5) is 0. The summed E-state index contributed by atoms with van der Waals surface area (Å²) in [5.41, 5.74) is 9.52. The number of hydrogen-bond acceptors (Lipinski definition) is 0. The van der Waals surface area contributed by atoms with Crippen molar-refractivity contribution in [3.63, 3.8) is 0 Å². The van der Waals surface area contributed by atoms with E-state index in [2.05, 4.69) is 288 Å². The summed E-state index contributed by atoms with van der Waals surface area (Å²) in [6.07, 6.45) is 0. The van der Waals surface area contributed by atoms with Gasteiger partial charge < -0.3 is 9.13 Å². The first-order valence-electron chi connectivity index (χ1n) is 24.3. The minimum Gasteiger partial charge on any atom is -0.309 e. The Kier molecular flexibility index (Phi) is 9.28. The van der Waals surface area contributed by atoms with Gasteiger partial charge >= 0.3 is 0 Å². The van der Waals surface area contributed by atoms with Gasteiger partial charge in [0.15, 0.2) is 16.1 Å². The largest absolute Gasteiger partial charge is 0.309 e. The van der Waals surface area contributed by atoms with Crippen LogP contribution in [0.15, 0.2) is 279 Å². The lowest BCUT2D eigenvalue weighted by molar-refractivity contribution is 1.17. The normalized spacial score (nSPS) is 13.7. The number of aromatic nitrogens is 2. The van der Waals surface area contributed by atoms with E-state index in [1.165, 1.54) is 96.2 Å². The SMILES string of the molecule is c1ccc(-c2cccc(-n3c4ccccc4c4cc(-n5c6ccccc6c6ccc([Si]7(c8ccccc8)c8ccccc8[Si](c8ccccc8)(c8ccccc8)c8ccccc87)cc65)ccc43)c2)cc1. The highest BCUT2D eigenvalue weighted by Gasteiger charge is 2.56. The molecule has 0 amide bonds. The first kappa shape index (κ1) is 40.5. The monoisotopic (exact) mass is 922 g/mol. The maximum atomic E-state index is 2.59. The molecule has 0 N–H and O–H groups in total. The van der Waals surface area contributed by atoms with Crippen molar-refractivity contribution in [2.24, 2.45) is 0 Å². The number of benzene rings is 11. The second-order valence-electron chi connectivity index (χ2n) is 18.7. The van der Waals surface area contributed by atoms with Gasteiger partial charge in [-0.05, 0) is 101 Å². The summed E-state index contributed by atoms with van der Waals surface area (Å²) in [5.74, 6) is 0. The van der Waals surface area contributed by atoms with E-state index in [1.54, 1.807) is 0 Å². The molecule has 4 heteroatoms. The lowest BCUT2D eigenvalue weighted by atomic mass is 10.1. The van der Waals surface area contributed by atoms with E-state index in [1.807, 2.05) is 0 Å². The molecule has 0 unspecified atom stereocenters. The fourth-order valence-corrected chi connectivity index (χ4v) is 24.6. The van der Waals surface area contributed by atoms with Crippen LogP contribution in [0.2, 0.25) is 0 Å². The van der Waals surface area contributed by atoms with Crippen LogP contribution in [0.25, 0.3) is 66.1 Å². The Morgan fingerprint density at radius 2 is 0.614 bits per heavy atom. The van der Waals surface area contributed by atoms with Crippen LogP contribution in [0.1, 0.15) is 0 Å². The van der Waals surface area contributed by atoms with Gasteiger partial charge in [-0.25, -0.2) is 0 Å². The van der Waals surface area contributed by atoms with Crippen molar-refractivity contribution in [2.75, 3.05) is 0 Å². The third-order valence-corrected chi connectivity index (χ3v) is 25.6. The van der Waals surface area contributed by atoms with E-state index in [-0.39, 0.29) is 0 Å². The predicted molar refractivity (Wildman–Crippen MR) is 301 cm³/mol. The van der Waals surface area contributed by atoms with E-state index in [0.717, 1.165) is 11.4 Å². The van der Waals surface area contributed by atoms with Gasteiger partial charge in [-0.3, -0.25) is 0 Å². The van der Waals surface area contributed by atoms with Crippen molar-refractivity contribution < 1.29 is 0 Å². The van der Waals surface area contributed by atoms with Crippen LogP contribution in [0, 0.1) is 0 Å². The molecule has 2 nitrogen and oxygen atoms in total. The van der Waals surface area contributed by atoms with Crippen LogP contribution in [0.3, 0.4) is 0 Å². The smallest absolute Gasteiger partial charge is 0.179 e. The van der Waals surface area contributed by atoms with Crippen LogP contribution >= 0.6 is 0 Å². The summed E-state index contributed by atoms with van der Waals surface area (Å²) in [7, 11) is -5.89. The number of nitrogens with zero attached hydrogens (tertiary/aromatic N) is 2. The number of hydrogen-bond donors (Lipinski definition) is 0. The van der Waals surface area contributed by atoms with Crippen LogP contribution < -0.4 is 41.5 Å². The van der Waals surface area contributed by atoms with Crippen molar-refractivity contribution in [2.45, 2.75) is 0 Å². The lowest BCUT2D eigenvalue weighted by Gasteiger charge is -2.48. The molecule has 0 radical (unpaired) electrons. The van der Waals surface area contributed by atoms with Crippen LogP contribution in [0.5, 0.6) is 0 Å². The molecule has 0 spiro atoms. The quantitative estimate of drug-likeness (QED) is 0.141. The van der Waals surface area contributed by atoms with Crippen molar-refractivity contribution in [1.29, 1.82) is 0 Å². The summed E-state index contributed by atoms with van der Waals surface area (Å²) in [6.45, 7) is 0.